The molecule has 0 spiro atoms. The molecule has 2 N–H and O–H groups in total. The maximum absolute atomic E-state index is 14.6. The molecule has 1 heterocycles. The van der Waals surface area contributed by atoms with Crippen molar-refractivity contribution in [3.05, 3.63) is 53.1 Å². The minimum Gasteiger partial charge on any atom is -0.493 e. The lowest BCUT2D eigenvalue weighted by molar-refractivity contribution is -0.140. The van der Waals surface area contributed by atoms with E-state index in [9.17, 15) is 22.7 Å². The Kier molecular flexibility index (Phi) is 6.73. The Morgan fingerprint density at radius 3 is 2.47 bits per heavy atom. The third kappa shape index (κ3) is 4.85. The Morgan fingerprint density at radius 2 is 1.84 bits per heavy atom. The quantitative estimate of drug-likeness (QED) is 0.489. The molecule has 3 rings (SSSR count). The average Bonchev–Trinajstić information content (AvgIpc) is 2.72. The van der Waals surface area contributed by atoms with Crippen molar-refractivity contribution in [1.29, 1.82) is 0 Å². The second kappa shape index (κ2) is 9.15. The maximum atomic E-state index is 14.6. The van der Waals surface area contributed by atoms with Crippen molar-refractivity contribution in [2.24, 2.45) is 0 Å². The summed E-state index contributed by atoms with van der Waals surface area (Å²) >= 11 is 0. The molecule has 10 heteroatoms. The minimum atomic E-state index is -4.80. The van der Waals surface area contributed by atoms with Gasteiger partial charge in [0, 0.05) is 17.0 Å². The van der Waals surface area contributed by atoms with Gasteiger partial charge in [0.15, 0.2) is 11.5 Å². The molecule has 2 aromatic carbocycles. The summed E-state index contributed by atoms with van der Waals surface area (Å²) in [7, 11) is 1.46. The van der Waals surface area contributed by atoms with Crippen LogP contribution < -0.4 is 14.8 Å². The summed E-state index contributed by atoms with van der Waals surface area (Å²) in [5.41, 5.74) is -0.980. The molecule has 3 aromatic rings. The van der Waals surface area contributed by atoms with Gasteiger partial charge in [0.05, 0.1) is 30.8 Å². The van der Waals surface area contributed by atoms with Crippen LogP contribution in [0.4, 0.5) is 23.4 Å². The van der Waals surface area contributed by atoms with Crippen molar-refractivity contribution in [2.45, 2.75) is 39.1 Å². The highest BCUT2D eigenvalue weighted by Gasteiger charge is 2.35. The van der Waals surface area contributed by atoms with Crippen LogP contribution in [0.1, 0.15) is 36.8 Å². The Morgan fingerprint density at radius 1 is 1.12 bits per heavy atom. The van der Waals surface area contributed by atoms with E-state index in [0.29, 0.717) is 40.1 Å². The van der Waals surface area contributed by atoms with E-state index in [1.165, 1.54) is 20.1 Å². The van der Waals surface area contributed by atoms with E-state index in [1.54, 1.807) is 26.0 Å². The zero-order valence-corrected chi connectivity index (χ0v) is 17.9. The molecule has 0 saturated heterocycles. The number of nitrogens with zero attached hydrogens (tertiary/aromatic N) is 2. The smallest absolute Gasteiger partial charge is 0.419 e. The first kappa shape index (κ1) is 23.5. The molecule has 172 valence electrons. The van der Waals surface area contributed by atoms with Gasteiger partial charge >= 0.3 is 6.18 Å². The van der Waals surface area contributed by atoms with Crippen molar-refractivity contribution in [1.82, 2.24) is 9.97 Å². The number of alkyl halides is 3. The van der Waals surface area contributed by atoms with E-state index < -0.39 is 29.7 Å². The van der Waals surface area contributed by atoms with E-state index in [2.05, 4.69) is 15.3 Å². The zero-order chi connectivity index (χ0) is 23.6. The molecular weight excluding hydrogens is 430 g/mol. The number of benzene rings is 2. The highest BCUT2D eigenvalue weighted by atomic mass is 19.4. The van der Waals surface area contributed by atoms with E-state index in [-0.39, 0.29) is 12.2 Å². The topological polar surface area (TPSA) is 76.5 Å². The van der Waals surface area contributed by atoms with Crippen molar-refractivity contribution in [2.75, 3.05) is 19.0 Å². The molecule has 32 heavy (non-hydrogen) atoms. The predicted octanol–water partition coefficient (Wildman–Crippen LogP) is 5.04. The van der Waals surface area contributed by atoms with Crippen molar-refractivity contribution in [3.8, 4) is 11.5 Å². The van der Waals surface area contributed by atoms with Crippen molar-refractivity contribution < 1.29 is 32.1 Å². The van der Waals surface area contributed by atoms with E-state index in [4.69, 9.17) is 9.47 Å². The highest BCUT2D eigenvalue weighted by molar-refractivity contribution is 5.92. The van der Waals surface area contributed by atoms with E-state index in [0.717, 1.165) is 6.07 Å². The van der Waals surface area contributed by atoms with Crippen LogP contribution in [0.3, 0.4) is 0 Å². The third-order valence-electron chi connectivity index (χ3n) is 4.83. The fourth-order valence-corrected chi connectivity index (χ4v) is 3.25. The number of aliphatic hydroxyl groups excluding tert-OH is 1. The molecule has 0 saturated carbocycles. The van der Waals surface area contributed by atoms with Crippen LogP contribution in [-0.2, 0) is 6.18 Å². The maximum Gasteiger partial charge on any atom is 0.419 e. The molecule has 0 aliphatic carbocycles. The SMILES string of the molecule is COc1cc2nc(C)nc(N[C@H](C)c3cccc(C(F)(F)F)c3F)c2cc1OC(C)CO. The number of rotatable bonds is 7. The van der Waals surface area contributed by atoms with Crippen LogP contribution in [-0.4, -0.2) is 34.9 Å². The molecule has 0 aliphatic heterocycles. The number of hydrogen-bond donors (Lipinski definition) is 2. The van der Waals surface area contributed by atoms with Gasteiger partial charge in [-0.25, -0.2) is 14.4 Å². The zero-order valence-electron chi connectivity index (χ0n) is 17.9. The number of nitrogens with one attached hydrogen (secondary N) is 1. The molecule has 1 aromatic heterocycles. The van der Waals surface area contributed by atoms with Crippen molar-refractivity contribution in [3.63, 3.8) is 0 Å². The largest absolute Gasteiger partial charge is 0.493 e. The summed E-state index contributed by atoms with van der Waals surface area (Å²) in [6, 6.07) is 5.56. The number of hydrogen-bond acceptors (Lipinski definition) is 6. The third-order valence-corrected chi connectivity index (χ3v) is 4.83. The van der Waals surface area contributed by atoms with Gasteiger partial charge in [-0.05, 0) is 32.9 Å². The van der Waals surface area contributed by atoms with Gasteiger partial charge in [0.25, 0.3) is 0 Å². The number of anilines is 1. The van der Waals surface area contributed by atoms with Crippen LogP contribution in [0, 0.1) is 12.7 Å². The Bertz CT molecular complexity index is 1120. The normalized spacial score (nSPS) is 13.7. The molecule has 1 unspecified atom stereocenters. The molecule has 0 aliphatic rings. The van der Waals surface area contributed by atoms with Gasteiger partial charge < -0.3 is 19.9 Å². The molecular formula is C22H23F4N3O3. The van der Waals surface area contributed by atoms with Crippen LogP contribution >= 0.6 is 0 Å². The minimum absolute atomic E-state index is 0.150. The molecule has 0 radical (unpaired) electrons. The Labute approximate surface area is 182 Å². The van der Waals surface area contributed by atoms with Gasteiger partial charge in [-0.2, -0.15) is 13.2 Å². The standard InChI is InChI=1S/C22H23F4N3O3/c1-11(10-30)32-19-8-15-17(9-18(19)31-4)28-13(3)29-21(15)27-12(2)14-6-5-7-16(20(14)23)22(24,25)26/h5-9,11-12,30H,10H2,1-4H3,(H,27,28,29)/t11?,12-/m1/s1. The number of halogens is 4. The monoisotopic (exact) mass is 453 g/mol. The fourth-order valence-electron chi connectivity index (χ4n) is 3.25. The summed E-state index contributed by atoms with van der Waals surface area (Å²) < 4.78 is 65.0. The first-order valence-corrected chi connectivity index (χ1v) is 9.81. The lowest BCUT2D eigenvalue weighted by Crippen LogP contribution is -2.17. The first-order chi connectivity index (χ1) is 15.0. The van der Waals surface area contributed by atoms with Gasteiger partial charge in [-0.3, -0.25) is 0 Å². The number of aliphatic hydroxyl groups is 1. The van der Waals surface area contributed by atoms with Crippen molar-refractivity contribution >= 4 is 16.7 Å². The molecule has 0 amide bonds. The summed E-state index contributed by atoms with van der Waals surface area (Å²) in [4.78, 5) is 8.72. The van der Waals surface area contributed by atoms with Crippen LogP contribution in [0.2, 0.25) is 0 Å². The van der Waals surface area contributed by atoms with E-state index >= 15 is 0 Å². The van der Waals surface area contributed by atoms with Gasteiger partial charge in [-0.1, -0.05) is 12.1 Å². The van der Waals surface area contributed by atoms with Gasteiger partial charge in [0.2, 0.25) is 0 Å². The van der Waals surface area contributed by atoms with Crippen LogP contribution in [0.15, 0.2) is 30.3 Å². The Hall–Kier alpha value is -3.14. The Balaban J connectivity index is 2.06. The lowest BCUT2D eigenvalue weighted by atomic mass is 10.0. The van der Waals surface area contributed by atoms with Crippen LogP contribution in [0.5, 0.6) is 11.5 Å². The second-order valence-electron chi connectivity index (χ2n) is 7.32. The van der Waals surface area contributed by atoms with E-state index in [1.807, 2.05) is 0 Å². The number of fused-ring (bicyclic) bond motifs is 1. The number of ether oxygens (including phenoxy) is 2. The molecule has 0 bridgehead atoms. The predicted molar refractivity (Wildman–Crippen MR) is 111 cm³/mol. The highest BCUT2D eigenvalue weighted by Crippen LogP contribution is 2.37. The van der Waals surface area contributed by atoms with Gasteiger partial charge in [0.1, 0.15) is 23.6 Å². The lowest BCUT2D eigenvalue weighted by Gasteiger charge is -2.20. The fraction of sp³-hybridized carbons (Fsp3) is 0.364. The summed E-state index contributed by atoms with van der Waals surface area (Å²) in [5.74, 6) is 0.0726. The number of aryl methyl sites for hydroxylation is 1. The number of aromatic nitrogens is 2. The molecule has 2 atom stereocenters. The number of methoxy groups -OCH3 is 1. The molecule has 6 nitrogen and oxygen atoms in total. The second-order valence-corrected chi connectivity index (χ2v) is 7.32. The van der Waals surface area contributed by atoms with Crippen LogP contribution in [0.25, 0.3) is 10.9 Å². The average molecular weight is 453 g/mol. The summed E-state index contributed by atoms with van der Waals surface area (Å²) in [6.45, 7) is 4.65. The first-order valence-electron chi connectivity index (χ1n) is 9.81. The summed E-state index contributed by atoms with van der Waals surface area (Å²) in [6.07, 6.45) is -5.31. The summed E-state index contributed by atoms with van der Waals surface area (Å²) in [5, 5.41) is 12.8. The molecule has 0 fully saturated rings. The van der Waals surface area contributed by atoms with Gasteiger partial charge in [-0.15, -0.1) is 0 Å².